The molecule has 1 atom stereocenters. The Morgan fingerprint density at radius 2 is 1.16 bits per heavy atom. The van der Waals surface area contributed by atoms with E-state index < -0.39 is 0 Å². The quantitative estimate of drug-likeness (QED) is 0.179. The van der Waals surface area contributed by atoms with Crippen LogP contribution in [-0.2, 0) is 0 Å². The molecule has 0 heterocycles. The van der Waals surface area contributed by atoms with Gasteiger partial charge in [-0.25, -0.2) is 0 Å². The predicted molar refractivity (Wildman–Crippen MR) is 161 cm³/mol. The summed E-state index contributed by atoms with van der Waals surface area (Å²) in [6, 6.07) is 35.0. The molecule has 1 heteroatoms. The zero-order valence-corrected chi connectivity index (χ0v) is 22.0. The van der Waals surface area contributed by atoms with Crippen molar-refractivity contribution in [3.63, 3.8) is 0 Å². The maximum Gasteiger partial charge on any atom is 0.119 e. The van der Waals surface area contributed by atoms with Gasteiger partial charge in [0.05, 0.1) is 6.61 Å². The monoisotopic (exact) mass is 484 g/mol. The maximum absolute atomic E-state index is 6.21. The van der Waals surface area contributed by atoms with Crippen LogP contribution in [0.1, 0.15) is 45.1 Å². The molecule has 0 radical (unpaired) electrons. The van der Waals surface area contributed by atoms with Gasteiger partial charge in [0.25, 0.3) is 0 Å². The van der Waals surface area contributed by atoms with Gasteiger partial charge in [-0.2, -0.15) is 0 Å². The maximum atomic E-state index is 6.21. The summed E-state index contributed by atoms with van der Waals surface area (Å²) >= 11 is 0. The van der Waals surface area contributed by atoms with Crippen LogP contribution in [0.25, 0.3) is 49.9 Å². The molecule has 1 unspecified atom stereocenters. The van der Waals surface area contributed by atoms with Crippen LogP contribution in [0.4, 0.5) is 0 Å². The molecule has 5 aromatic rings. The highest BCUT2D eigenvalue weighted by atomic mass is 16.5. The van der Waals surface area contributed by atoms with Crippen molar-refractivity contribution in [3.8, 4) is 28.0 Å². The Balaban J connectivity index is 1.58. The first-order valence-corrected chi connectivity index (χ1v) is 13.6. The molecule has 0 bridgehead atoms. The topological polar surface area (TPSA) is 9.23 Å². The number of fused-ring (bicyclic) bond motifs is 2. The standard InChI is InChI=1S/C36H36O/c1-4-7-12-27(6-3)25-37-30-23-21-29(22-24-30)36-33-15-10-8-13-31(33)35(32-14-9-11-16-34(32)36)28-19-17-26(5-2)18-20-28/h5,8-11,13-24,27H,2,4,6-7,12,25H2,1,3H3. The highest BCUT2D eigenvalue weighted by Crippen LogP contribution is 2.43. The first-order valence-electron chi connectivity index (χ1n) is 13.6. The van der Waals surface area contributed by atoms with Gasteiger partial charge in [-0.1, -0.05) is 131 Å². The Bertz CT molecular complexity index is 1440. The average molecular weight is 485 g/mol. The molecule has 0 aliphatic heterocycles. The normalized spacial score (nSPS) is 12.1. The van der Waals surface area contributed by atoms with Gasteiger partial charge in [-0.15, -0.1) is 0 Å². The molecular formula is C36H36O. The lowest BCUT2D eigenvalue weighted by molar-refractivity contribution is 0.233. The van der Waals surface area contributed by atoms with Crippen LogP contribution < -0.4 is 4.74 Å². The zero-order chi connectivity index (χ0) is 25.6. The van der Waals surface area contributed by atoms with E-state index in [1.54, 1.807) is 0 Å². The Hall–Kier alpha value is -3.84. The third-order valence-corrected chi connectivity index (χ3v) is 7.54. The van der Waals surface area contributed by atoms with Crippen molar-refractivity contribution in [1.29, 1.82) is 0 Å². The van der Waals surface area contributed by atoms with Crippen LogP contribution in [0.2, 0.25) is 0 Å². The van der Waals surface area contributed by atoms with Gasteiger partial charge in [0.1, 0.15) is 5.75 Å². The Labute approximate surface area is 221 Å². The fourth-order valence-electron chi connectivity index (χ4n) is 5.37. The van der Waals surface area contributed by atoms with Crippen molar-refractivity contribution in [3.05, 3.63) is 109 Å². The lowest BCUT2D eigenvalue weighted by Crippen LogP contribution is -2.11. The van der Waals surface area contributed by atoms with Crippen molar-refractivity contribution < 1.29 is 4.74 Å². The van der Waals surface area contributed by atoms with Crippen LogP contribution in [0, 0.1) is 5.92 Å². The van der Waals surface area contributed by atoms with Gasteiger partial charge >= 0.3 is 0 Å². The SMILES string of the molecule is C=Cc1ccc(-c2c3ccccc3c(-c3ccc(OCC(CC)CCCC)cc3)c3ccccc23)cc1. The number of rotatable bonds is 10. The van der Waals surface area contributed by atoms with Crippen LogP contribution in [0.5, 0.6) is 5.75 Å². The van der Waals surface area contributed by atoms with Crippen molar-refractivity contribution in [1.82, 2.24) is 0 Å². The van der Waals surface area contributed by atoms with Gasteiger partial charge < -0.3 is 4.74 Å². The molecule has 1 nitrogen and oxygen atoms in total. The highest BCUT2D eigenvalue weighted by molar-refractivity contribution is 6.21. The third kappa shape index (κ3) is 5.18. The molecule has 0 aliphatic carbocycles. The molecule has 0 saturated heterocycles. The van der Waals surface area contributed by atoms with Crippen LogP contribution >= 0.6 is 0 Å². The van der Waals surface area contributed by atoms with E-state index in [1.165, 1.54) is 69.5 Å². The first-order chi connectivity index (χ1) is 18.2. The van der Waals surface area contributed by atoms with E-state index >= 15 is 0 Å². The summed E-state index contributed by atoms with van der Waals surface area (Å²) in [4.78, 5) is 0. The Morgan fingerprint density at radius 1 is 0.676 bits per heavy atom. The van der Waals surface area contributed by atoms with Gasteiger partial charge in [-0.05, 0) is 73.8 Å². The van der Waals surface area contributed by atoms with Crippen LogP contribution in [0.15, 0.2) is 104 Å². The smallest absolute Gasteiger partial charge is 0.119 e. The third-order valence-electron chi connectivity index (χ3n) is 7.54. The van der Waals surface area contributed by atoms with E-state index in [-0.39, 0.29) is 0 Å². The first kappa shape index (κ1) is 24.8. The summed E-state index contributed by atoms with van der Waals surface area (Å²) in [5.41, 5.74) is 6.13. The molecule has 5 aromatic carbocycles. The zero-order valence-electron chi connectivity index (χ0n) is 22.0. The second-order valence-electron chi connectivity index (χ2n) is 9.92. The fraction of sp³-hybridized carbons (Fsp3) is 0.222. The lowest BCUT2D eigenvalue weighted by Gasteiger charge is -2.18. The molecule has 5 rings (SSSR count). The molecule has 0 spiro atoms. The summed E-state index contributed by atoms with van der Waals surface area (Å²) in [6.45, 7) is 9.22. The number of hydrogen-bond acceptors (Lipinski definition) is 1. The second-order valence-corrected chi connectivity index (χ2v) is 9.92. The van der Waals surface area contributed by atoms with Crippen molar-refractivity contribution >= 4 is 27.6 Å². The molecule has 0 aliphatic rings. The molecule has 0 N–H and O–H groups in total. The largest absolute Gasteiger partial charge is 0.493 e. The van der Waals surface area contributed by atoms with Gasteiger partial charge in [0.15, 0.2) is 0 Å². The number of benzene rings is 5. The number of ether oxygens (including phenoxy) is 1. The van der Waals surface area contributed by atoms with E-state index in [0.717, 1.165) is 17.9 Å². The molecule has 37 heavy (non-hydrogen) atoms. The summed E-state index contributed by atoms with van der Waals surface area (Å²) in [6.07, 6.45) is 6.82. The van der Waals surface area contributed by atoms with E-state index in [2.05, 4.69) is 117 Å². The minimum absolute atomic E-state index is 0.626. The summed E-state index contributed by atoms with van der Waals surface area (Å²) in [5.74, 6) is 1.58. The lowest BCUT2D eigenvalue weighted by atomic mass is 9.86. The highest BCUT2D eigenvalue weighted by Gasteiger charge is 2.16. The summed E-state index contributed by atoms with van der Waals surface area (Å²) < 4.78 is 6.21. The molecule has 0 aromatic heterocycles. The fourth-order valence-corrected chi connectivity index (χ4v) is 5.37. The van der Waals surface area contributed by atoms with E-state index in [1.807, 2.05) is 6.08 Å². The van der Waals surface area contributed by atoms with E-state index in [9.17, 15) is 0 Å². The van der Waals surface area contributed by atoms with Crippen molar-refractivity contribution in [2.75, 3.05) is 6.61 Å². The minimum atomic E-state index is 0.626. The molecule has 186 valence electrons. The predicted octanol–water partition coefficient (Wildman–Crippen LogP) is 10.6. The van der Waals surface area contributed by atoms with Gasteiger partial charge in [0.2, 0.25) is 0 Å². The molecule has 0 saturated carbocycles. The van der Waals surface area contributed by atoms with Crippen LogP contribution in [-0.4, -0.2) is 6.61 Å². The molecular weight excluding hydrogens is 448 g/mol. The Morgan fingerprint density at radius 3 is 1.59 bits per heavy atom. The van der Waals surface area contributed by atoms with Crippen LogP contribution in [0.3, 0.4) is 0 Å². The Kier molecular flexibility index (Phi) is 7.70. The molecule has 0 amide bonds. The second kappa shape index (κ2) is 11.5. The van der Waals surface area contributed by atoms with Crippen molar-refractivity contribution in [2.45, 2.75) is 39.5 Å². The summed E-state index contributed by atoms with van der Waals surface area (Å²) in [7, 11) is 0. The van der Waals surface area contributed by atoms with Gasteiger partial charge in [-0.3, -0.25) is 0 Å². The van der Waals surface area contributed by atoms with E-state index in [4.69, 9.17) is 4.74 Å². The summed E-state index contributed by atoms with van der Waals surface area (Å²) in [5, 5.41) is 5.07. The van der Waals surface area contributed by atoms with Gasteiger partial charge in [0, 0.05) is 0 Å². The average Bonchev–Trinajstić information content (AvgIpc) is 2.96. The number of unbranched alkanes of at least 4 members (excludes halogenated alkanes) is 1. The van der Waals surface area contributed by atoms with E-state index in [0.29, 0.717) is 5.92 Å². The molecule has 0 fully saturated rings. The minimum Gasteiger partial charge on any atom is -0.493 e. The van der Waals surface area contributed by atoms with Crippen molar-refractivity contribution in [2.24, 2.45) is 5.92 Å². The number of hydrogen-bond donors (Lipinski definition) is 0.